The summed E-state index contributed by atoms with van der Waals surface area (Å²) in [5.41, 5.74) is 1.16. The molecule has 0 saturated heterocycles. The molecule has 1 aromatic rings. The van der Waals surface area contributed by atoms with Crippen molar-refractivity contribution in [3.63, 3.8) is 0 Å². The highest BCUT2D eigenvalue weighted by molar-refractivity contribution is 14.1. The molecule has 1 N–H and O–H groups in total. The third kappa shape index (κ3) is 5.60. The van der Waals surface area contributed by atoms with Gasteiger partial charge in [0.25, 0.3) is 0 Å². The number of rotatable bonds is 8. The van der Waals surface area contributed by atoms with Crippen molar-refractivity contribution in [1.29, 1.82) is 0 Å². The van der Waals surface area contributed by atoms with Gasteiger partial charge in [0.05, 0.1) is 9.26 Å². The number of halogens is 1. The molecule has 0 radical (unpaired) electrons. The summed E-state index contributed by atoms with van der Waals surface area (Å²) in [6.07, 6.45) is 2.83. The van der Waals surface area contributed by atoms with Gasteiger partial charge in [-0.3, -0.25) is 0 Å². The Bertz CT molecular complexity index is 397. The molecule has 0 spiro atoms. The second kappa shape index (κ2) is 8.68. The second-order valence-electron chi connectivity index (χ2n) is 4.97. The van der Waals surface area contributed by atoms with Crippen LogP contribution >= 0.6 is 22.6 Å². The third-order valence-corrected chi connectivity index (χ3v) is 3.79. The topological polar surface area (TPSA) is 47.0 Å². The molecule has 5 heteroatoms. The van der Waals surface area contributed by atoms with Crippen LogP contribution in [0.15, 0.2) is 0 Å². The Balaban J connectivity index is 2.93. The zero-order chi connectivity index (χ0) is 14.3. The maximum Gasteiger partial charge on any atom is 0.143 e. The van der Waals surface area contributed by atoms with Crippen molar-refractivity contribution < 1.29 is 4.74 Å². The SMILES string of the molecule is CCNc1nc(CCCOC)nc(CC(C)C)c1I. The lowest BCUT2D eigenvalue weighted by atomic mass is 10.1. The second-order valence-corrected chi connectivity index (χ2v) is 6.05. The predicted molar refractivity (Wildman–Crippen MR) is 87.7 cm³/mol. The molecule has 0 aromatic carbocycles. The summed E-state index contributed by atoms with van der Waals surface area (Å²) in [5.74, 6) is 2.50. The lowest BCUT2D eigenvalue weighted by Gasteiger charge is -2.13. The number of ether oxygens (including phenoxy) is 1. The van der Waals surface area contributed by atoms with E-state index in [2.05, 4.69) is 53.7 Å². The Morgan fingerprint density at radius 1 is 1.32 bits per heavy atom. The molecule has 0 aliphatic rings. The van der Waals surface area contributed by atoms with Gasteiger partial charge in [-0.1, -0.05) is 13.8 Å². The first-order valence-corrected chi connectivity index (χ1v) is 7.94. The van der Waals surface area contributed by atoms with Crippen LogP contribution in [-0.2, 0) is 17.6 Å². The van der Waals surface area contributed by atoms with Crippen LogP contribution in [0, 0.1) is 9.49 Å². The molecule has 0 fully saturated rings. The number of anilines is 1. The number of nitrogens with zero attached hydrogens (tertiary/aromatic N) is 2. The van der Waals surface area contributed by atoms with E-state index in [0.717, 1.165) is 53.3 Å². The van der Waals surface area contributed by atoms with Crippen molar-refractivity contribution in [1.82, 2.24) is 9.97 Å². The minimum Gasteiger partial charge on any atom is -0.385 e. The summed E-state index contributed by atoms with van der Waals surface area (Å²) in [7, 11) is 1.73. The van der Waals surface area contributed by atoms with Gasteiger partial charge >= 0.3 is 0 Å². The molecule has 1 heterocycles. The van der Waals surface area contributed by atoms with E-state index in [1.54, 1.807) is 7.11 Å². The van der Waals surface area contributed by atoms with Crippen molar-refractivity contribution in [2.75, 3.05) is 25.6 Å². The quantitative estimate of drug-likeness (QED) is 0.558. The Kier molecular flexibility index (Phi) is 7.60. The Labute approximate surface area is 129 Å². The van der Waals surface area contributed by atoms with Gasteiger partial charge in [0.1, 0.15) is 11.6 Å². The van der Waals surface area contributed by atoms with Gasteiger partial charge in [-0.05, 0) is 48.3 Å². The number of aromatic nitrogens is 2. The van der Waals surface area contributed by atoms with Crippen LogP contribution in [-0.4, -0.2) is 30.2 Å². The third-order valence-electron chi connectivity index (χ3n) is 2.66. The summed E-state index contributed by atoms with van der Waals surface area (Å²) < 4.78 is 6.24. The summed E-state index contributed by atoms with van der Waals surface area (Å²) in [6.45, 7) is 8.16. The fourth-order valence-corrected chi connectivity index (χ4v) is 2.49. The van der Waals surface area contributed by atoms with E-state index in [4.69, 9.17) is 9.72 Å². The molecule has 19 heavy (non-hydrogen) atoms. The number of aryl methyl sites for hydroxylation is 1. The molecule has 0 saturated carbocycles. The zero-order valence-electron chi connectivity index (χ0n) is 12.3. The predicted octanol–water partition coefficient (Wildman–Crippen LogP) is 3.29. The Morgan fingerprint density at radius 3 is 2.63 bits per heavy atom. The number of hydrogen-bond donors (Lipinski definition) is 1. The van der Waals surface area contributed by atoms with Crippen LogP contribution in [0.2, 0.25) is 0 Å². The van der Waals surface area contributed by atoms with Crippen LogP contribution < -0.4 is 5.32 Å². The van der Waals surface area contributed by atoms with E-state index < -0.39 is 0 Å². The maximum atomic E-state index is 5.09. The number of hydrogen-bond acceptors (Lipinski definition) is 4. The fourth-order valence-electron chi connectivity index (χ4n) is 1.84. The molecule has 108 valence electrons. The van der Waals surface area contributed by atoms with Gasteiger partial charge in [-0.25, -0.2) is 9.97 Å². The van der Waals surface area contributed by atoms with Crippen LogP contribution in [0.5, 0.6) is 0 Å². The lowest BCUT2D eigenvalue weighted by Crippen LogP contribution is -2.12. The van der Waals surface area contributed by atoms with Gasteiger partial charge in [-0.15, -0.1) is 0 Å². The molecule has 1 aromatic heterocycles. The first kappa shape index (κ1) is 16.6. The first-order chi connectivity index (χ1) is 9.08. The smallest absolute Gasteiger partial charge is 0.143 e. The van der Waals surface area contributed by atoms with Crippen molar-refractivity contribution in [2.24, 2.45) is 5.92 Å². The van der Waals surface area contributed by atoms with Crippen molar-refractivity contribution in [3.05, 3.63) is 15.1 Å². The van der Waals surface area contributed by atoms with Gasteiger partial charge in [-0.2, -0.15) is 0 Å². The van der Waals surface area contributed by atoms with E-state index in [1.807, 2.05) is 0 Å². The van der Waals surface area contributed by atoms with Gasteiger partial charge in [0, 0.05) is 26.7 Å². The van der Waals surface area contributed by atoms with E-state index in [9.17, 15) is 0 Å². The highest BCUT2D eigenvalue weighted by Gasteiger charge is 2.12. The normalized spacial score (nSPS) is 11.1. The summed E-state index contributed by atoms with van der Waals surface area (Å²) >= 11 is 2.35. The largest absolute Gasteiger partial charge is 0.385 e. The van der Waals surface area contributed by atoms with Crippen molar-refractivity contribution in [2.45, 2.75) is 40.0 Å². The fraction of sp³-hybridized carbons (Fsp3) is 0.714. The molecule has 4 nitrogen and oxygen atoms in total. The van der Waals surface area contributed by atoms with Crippen LogP contribution in [0.1, 0.15) is 38.7 Å². The molecular formula is C14H24IN3O. The average Bonchev–Trinajstić information content (AvgIpc) is 2.35. The summed E-state index contributed by atoms with van der Waals surface area (Å²) in [4.78, 5) is 9.33. The molecule has 0 amide bonds. The molecule has 0 bridgehead atoms. The highest BCUT2D eigenvalue weighted by atomic mass is 127. The van der Waals surface area contributed by atoms with E-state index in [0.29, 0.717) is 5.92 Å². The minimum absolute atomic E-state index is 0.602. The molecular weight excluding hydrogens is 353 g/mol. The lowest BCUT2D eigenvalue weighted by molar-refractivity contribution is 0.194. The molecule has 0 aliphatic heterocycles. The monoisotopic (exact) mass is 377 g/mol. The summed E-state index contributed by atoms with van der Waals surface area (Å²) in [5, 5.41) is 3.33. The molecule has 0 atom stereocenters. The molecule has 0 aliphatic carbocycles. The van der Waals surface area contributed by atoms with E-state index >= 15 is 0 Å². The number of nitrogens with one attached hydrogen (secondary N) is 1. The van der Waals surface area contributed by atoms with Crippen LogP contribution in [0.25, 0.3) is 0 Å². The van der Waals surface area contributed by atoms with Crippen molar-refractivity contribution >= 4 is 28.4 Å². The minimum atomic E-state index is 0.602. The average molecular weight is 377 g/mol. The first-order valence-electron chi connectivity index (χ1n) is 6.86. The van der Waals surface area contributed by atoms with Crippen LogP contribution in [0.4, 0.5) is 5.82 Å². The Morgan fingerprint density at radius 2 is 2.05 bits per heavy atom. The highest BCUT2D eigenvalue weighted by Crippen LogP contribution is 2.22. The van der Waals surface area contributed by atoms with Crippen LogP contribution in [0.3, 0.4) is 0 Å². The molecule has 1 rings (SSSR count). The maximum absolute atomic E-state index is 5.09. The van der Waals surface area contributed by atoms with E-state index in [1.165, 1.54) is 0 Å². The van der Waals surface area contributed by atoms with E-state index in [-0.39, 0.29) is 0 Å². The van der Waals surface area contributed by atoms with Gasteiger partial charge in [0.2, 0.25) is 0 Å². The van der Waals surface area contributed by atoms with Gasteiger partial charge in [0.15, 0.2) is 0 Å². The standard InChI is InChI=1S/C14H24IN3O/c1-5-16-14-13(15)11(9-10(2)3)17-12(18-14)7-6-8-19-4/h10H,5-9H2,1-4H3,(H,16,17,18). The molecule has 0 unspecified atom stereocenters. The zero-order valence-corrected chi connectivity index (χ0v) is 14.5. The Hall–Kier alpha value is -0.430. The van der Waals surface area contributed by atoms with Crippen molar-refractivity contribution in [3.8, 4) is 0 Å². The van der Waals surface area contributed by atoms with Gasteiger partial charge < -0.3 is 10.1 Å². The summed E-state index contributed by atoms with van der Waals surface area (Å²) in [6, 6.07) is 0. The number of methoxy groups -OCH3 is 1.